The van der Waals surface area contributed by atoms with E-state index in [0.29, 0.717) is 25.7 Å². The molecule has 1 aliphatic rings. The fourth-order valence-electron chi connectivity index (χ4n) is 7.47. The predicted octanol–water partition coefficient (Wildman–Crippen LogP) is 11.6. The van der Waals surface area contributed by atoms with Gasteiger partial charge in [-0.2, -0.15) is 0 Å². The lowest BCUT2D eigenvalue weighted by Gasteiger charge is -2.27. The molecule has 0 aliphatic heterocycles. The van der Waals surface area contributed by atoms with Gasteiger partial charge in [0.1, 0.15) is 29.6 Å². The number of ether oxygens (including phenoxy) is 1. The highest BCUT2D eigenvalue weighted by Crippen LogP contribution is 2.43. The summed E-state index contributed by atoms with van der Waals surface area (Å²) < 4.78 is 6.82. The van der Waals surface area contributed by atoms with Gasteiger partial charge in [0.05, 0.1) is 5.69 Å². The van der Waals surface area contributed by atoms with Gasteiger partial charge in [-0.25, -0.2) is 0 Å². The van der Waals surface area contributed by atoms with E-state index in [9.17, 15) is 15.3 Å². The van der Waals surface area contributed by atoms with Crippen LogP contribution >= 0.6 is 0 Å². The molecule has 5 heteroatoms. The number of aromatic hydroxyl groups is 3. The van der Waals surface area contributed by atoms with Crippen LogP contribution < -0.4 is 4.74 Å². The zero-order valence-electron chi connectivity index (χ0n) is 35.2. The molecule has 4 aromatic carbocycles. The summed E-state index contributed by atoms with van der Waals surface area (Å²) in [7, 11) is 0. The number of fused-ring (bicyclic) bond motifs is 8. The van der Waals surface area contributed by atoms with Crippen LogP contribution in [-0.2, 0) is 54.0 Å². The lowest BCUT2D eigenvalue weighted by molar-refractivity contribution is 0.295. The van der Waals surface area contributed by atoms with Crippen molar-refractivity contribution in [2.75, 3.05) is 0 Å². The van der Waals surface area contributed by atoms with Crippen molar-refractivity contribution in [1.82, 2.24) is 4.98 Å². The molecule has 1 aromatic heterocycles. The Bertz CT molecular complexity index is 2100. The third-order valence-electron chi connectivity index (χ3n) is 11.1. The number of hydrogen-bond acceptors (Lipinski definition) is 5. The van der Waals surface area contributed by atoms with Crippen LogP contribution in [0.4, 0.5) is 0 Å². The number of benzene rings is 4. The molecule has 8 bridgehead atoms. The average molecular weight is 740 g/mol. The van der Waals surface area contributed by atoms with Crippen LogP contribution in [0.2, 0.25) is 0 Å². The van der Waals surface area contributed by atoms with E-state index in [1.165, 1.54) is 0 Å². The number of phenolic OH excluding ortho intramolecular Hbond substituents is 3. The summed E-state index contributed by atoms with van der Waals surface area (Å²) in [6.45, 7) is 26.6. The molecule has 5 aromatic rings. The van der Waals surface area contributed by atoms with Gasteiger partial charge in [0.15, 0.2) is 0 Å². The quantitative estimate of drug-likeness (QED) is 0.168. The average Bonchev–Trinajstić information content (AvgIpc) is 3.07. The Morgan fingerprint density at radius 1 is 0.455 bits per heavy atom. The van der Waals surface area contributed by atoms with Gasteiger partial charge in [0.2, 0.25) is 0 Å². The van der Waals surface area contributed by atoms with Crippen molar-refractivity contribution in [2.24, 2.45) is 0 Å². The third kappa shape index (κ3) is 8.72. The number of phenols is 3. The van der Waals surface area contributed by atoms with Gasteiger partial charge in [-0.1, -0.05) is 138 Å². The molecule has 0 fully saturated rings. The van der Waals surface area contributed by atoms with Gasteiger partial charge in [0, 0.05) is 31.9 Å². The largest absolute Gasteiger partial charge is 0.507 e. The van der Waals surface area contributed by atoms with Crippen LogP contribution in [0.5, 0.6) is 23.0 Å². The van der Waals surface area contributed by atoms with E-state index in [4.69, 9.17) is 4.74 Å². The monoisotopic (exact) mass is 739 g/mol. The molecular formula is C50H61NO4. The van der Waals surface area contributed by atoms with Crippen LogP contribution in [0.1, 0.15) is 156 Å². The zero-order valence-corrected chi connectivity index (χ0v) is 35.2. The summed E-state index contributed by atoms with van der Waals surface area (Å²) in [6, 6.07) is 22.9. The highest BCUT2D eigenvalue weighted by atomic mass is 16.5. The predicted molar refractivity (Wildman–Crippen MR) is 225 cm³/mol. The molecule has 0 amide bonds. The molecule has 0 saturated carbocycles. The van der Waals surface area contributed by atoms with E-state index in [2.05, 4.69) is 137 Å². The zero-order chi connectivity index (χ0) is 40.2. The van der Waals surface area contributed by atoms with E-state index in [1.807, 2.05) is 18.2 Å². The van der Waals surface area contributed by atoms with E-state index >= 15 is 0 Å². The molecule has 55 heavy (non-hydrogen) atoms. The smallest absolute Gasteiger partial charge is 0.130 e. The highest BCUT2D eigenvalue weighted by Gasteiger charge is 2.28. The molecule has 0 unspecified atom stereocenters. The minimum Gasteiger partial charge on any atom is -0.507 e. The molecule has 0 radical (unpaired) electrons. The SMILES string of the molecule is CC(C)(C)c1cc2c(O)c(c1)Cc1cc(C(C)(C)C)cc(c1O)Cc1cc(C(C)(C)C)cc(c1OCc1ccccn1)Cc1cc(C(C)(C)C)cc(c1O)C2. The van der Waals surface area contributed by atoms with E-state index in [1.54, 1.807) is 6.20 Å². The second-order valence-corrected chi connectivity index (χ2v) is 19.9. The number of hydrogen-bond donors (Lipinski definition) is 3. The van der Waals surface area contributed by atoms with Crippen molar-refractivity contribution in [3.8, 4) is 23.0 Å². The van der Waals surface area contributed by atoms with Gasteiger partial charge < -0.3 is 20.1 Å². The Balaban J connectivity index is 1.70. The van der Waals surface area contributed by atoms with Crippen LogP contribution in [0, 0.1) is 0 Å². The van der Waals surface area contributed by atoms with E-state index in [-0.39, 0.29) is 45.5 Å². The van der Waals surface area contributed by atoms with E-state index < -0.39 is 0 Å². The molecule has 0 saturated heterocycles. The van der Waals surface area contributed by atoms with Crippen LogP contribution in [0.3, 0.4) is 0 Å². The van der Waals surface area contributed by atoms with Crippen LogP contribution in [-0.4, -0.2) is 20.3 Å². The first-order chi connectivity index (χ1) is 25.5. The first-order valence-corrected chi connectivity index (χ1v) is 19.7. The molecule has 6 rings (SSSR count). The molecule has 5 nitrogen and oxygen atoms in total. The van der Waals surface area contributed by atoms with E-state index in [0.717, 1.165) is 78.2 Å². The van der Waals surface area contributed by atoms with Crippen molar-refractivity contribution >= 4 is 0 Å². The highest BCUT2D eigenvalue weighted by molar-refractivity contribution is 5.59. The number of pyridine rings is 1. The van der Waals surface area contributed by atoms with Gasteiger partial charge >= 0.3 is 0 Å². The van der Waals surface area contributed by atoms with Crippen LogP contribution in [0.15, 0.2) is 72.9 Å². The Labute approximate surface area is 329 Å². The fraction of sp³-hybridized carbons (Fsp3) is 0.420. The molecule has 1 heterocycles. The van der Waals surface area contributed by atoms with Gasteiger partial charge in [0.25, 0.3) is 0 Å². The molecule has 3 N–H and O–H groups in total. The van der Waals surface area contributed by atoms with Crippen molar-refractivity contribution in [3.63, 3.8) is 0 Å². The second kappa shape index (κ2) is 14.4. The van der Waals surface area contributed by atoms with Gasteiger partial charge in [-0.3, -0.25) is 4.98 Å². The summed E-state index contributed by atoms with van der Waals surface area (Å²) in [6.07, 6.45) is 3.33. The first kappa shape index (κ1) is 39.9. The summed E-state index contributed by atoms with van der Waals surface area (Å²) in [5, 5.41) is 36.6. The normalized spacial score (nSPS) is 13.8. The Hall–Kier alpha value is -4.77. The Morgan fingerprint density at radius 2 is 0.745 bits per heavy atom. The standard InChI is InChI=1S/C50H61NO4/c1-47(2,3)38-21-30-17-32-23-39(48(4,5)6)25-34(44(32)53)19-36-27-41(50(10,11)12)28-37(46(36)55-29-42-15-13-14-16-51-42)20-35-26-40(49(7,8)9)24-33(45(35)54)18-31(22-38)43(30)52/h13-16,21-28,52-54H,17-20,29H2,1-12H3. The summed E-state index contributed by atoms with van der Waals surface area (Å²) >= 11 is 0. The lowest BCUT2D eigenvalue weighted by Crippen LogP contribution is -2.16. The molecule has 1 aliphatic carbocycles. The molecule has 0 atom stereocenters. The summed E-state index contributed by atoms with van der Waals surface area (Å²) in [5.74, 6) is 1.42. The van der Waals surface area contributed by atoms with Crippen molar-refractivity contribution < 1.29 is 20.1 Å². The van der Waals surface area contributed by atoms with Gasteiger partial charge in [-0.15, -0.1) is 0 Å². The van der Waals surface area contributed by atoms with Crippen molar-refractivity contribution in [3.05, 3.63) is 145 Å². The minimum absolute atomic E-state index is 0.185. The topological polar surface area (TPSA) is 82.8 Å². The Morgan fingerprint density at radius 3 is 1.02 bits per heavy atom. The summed E-state index contributed by atoms with van der Waals surface area (Å²) in [4.78, 5) is 4.56. The molecule has 0 spiro atoms. The summed E-state index contributed by atoms with van der Waals surface area (Å²) in [5.41, 5.74) is 11.1. The van der Waals surface area contributed by atoms with Gasteiger partial charge in [-0.05, 0) is 101 Å². The number of aromatic nitrogens is 1. The third-order valence-corrected chi connectivity index (χ3v) is 11.1. The van der Waals surface area contributed by atoms with Crippen molar-refractivity contribution in [1.29, 1.82) is 0 Å². The molecular weight excluding hydrogens is 679 g/mol. The first-order valence-electron chi connectivity index (χ1n) is 19.7. The van der Waals surface area contributed by atoms with Crippen molar-refractivity contribution in [2.45, 2.75) is 137 Å². The van der Waals surface area contributed by atoms with Crippen LogP contribution in [0.25, 0.3) is 0 Å². The fourth-order valence-corrected chi connectivity index (χ4v) is 7.47. The maximum atomic E-state index is 12.2. The lowest BCUT2D eigenvalue weighted by atomic mass is 9.79. The number of rotatable bonds is 3. The maximum absolute atomic E-state index is 12.2. The maximum Gasteiger partial charge on any atom is 0.130 e. The molecule has 290 valence electrons. The Kier molecular flexibility index (Phi) is 10.4. The number of nitrogens with zero attached hydrogens (tertiary/aromatic N) is 1. The second-order valence-electron chi connectivity index (χ2n) is 19.9. The minimum atomic E-state index is -0.196.